The van der Waals surface area contributed by atoms with Crippen LogP contribution in [-0.2, 0) is 20.4 Å². The molecule has 2 aromatic rings. The zero-order chi connectivity index (χ0) is 28.4. The second-order valence-corrected chi connectivity index (χ2v) is 10.3. The van der Waals surface area contributed by atoms with Crippen LogP contribution in [0.2, 0.25) is 0 Å². The van der Waals surface area contributed by atoms with Crippen molar-refractivity contribution in [2.24, 2.45) is 0 Å². The minimum Gasteiger partial charge on any atom is -0.475 e. The van der Waals surface area contributed by atoms with E-state index in [4.69, 9.17) is 9.90 Å². The van der Waals surface area contributed by atoms with Crippen LogP contribution in [0.1, 0.15) is 5.56 Å². The van der Waals surface area contributed by atoms with Crippen molar-refractivity contribution in [1.29, 1.82) is 0 Å². The van der Waals surface area contributed by atoms with Gasteiger partial charge in [-0.1, -0.05) is 12.1 Å². The molecule has 208 valence electrons. The van der Waals surface area contributed by atoms with Gasteiger partial charge in [0.15, 0.2) is 0 Å². The van der Waals surface area contributed by atoms with Crippen LogP contribution in [0.4, 0.5) is 45.2 Å². The Kier molecular flexibility index (Phi) is 8.78. The summed E-state index contributed by atoms with van der Waals surface area (Å²) in [6.45, 7) is 0.483. The lowest BCUT2D eigenvalue weighted by Gasteiger charge is -2.36. The van der Waals surface area contributed by atoms with Gasteiger partial charge < -0.3 is 15.1 Å². The number of sulfonamides is 1. The van der Waals surface area contributed by atoms with Crippen molar-refractivity contribution < 1.29 is 62.9 Å². The van der Waals surface area contributed by atoms with Crippen LogP contribution >= 0.6 is 11.3 Å². The van der Waals surface area contributed by atoms with Gasteiger partial charge in [-0.05, 0) is 12.1 Å². The molecule has 0 radical (unpaired) electrons. The summed E-state index contributed by atoms with van der Waals surface area (Å²) in [5.41, 5.74) is -6.04. The van der Waals surface area contributed by atoms with E-state index >= 15 is 0 Å². The zero-order valence-corrected chi connectivity index (χ0v) is 19.6. The average Bonchev–Trinajstić information content (AvgIpc) is 3.33. The van der Waals surface area contributed by atoms with Crippen LogP contribution in [0, 0.1) is 0 Å². The third kappa shape index (κ3) is 6.63. The number of nitrogens with zero attached hydrogens (tertiary/aromatic N) is 3. The molecule has 0 bridgehead atoms. The Bertz CT molecular complexity index is 1140. The largest absolute Gasteiger partial charge is 0.490 e. The monoisotopic (exact) mass is 589 g/mol. The standard InChI is InChI=1S/C16H15F6N3O3S2.C2HF3O2/c17-15(18,19)14(26,16(20,21)22)11-1-3-12(4-2-11)24-6-8-25(9-7-24)30(27,28)13-23-5-10-29-13;3-2(4,5)1(6)7/h1-5,10,26H,6-9H2;(H,6,7). The maximum atomic E-state index is 13.0. The van der Waals surface area contributed by atoms with Gasteiger partial charge in [0.05, 0.1) is 0 Å². The van der Waals surface area contributed by atoms with Gasteiger partial charge in [-0.15, -0.1) is 11.3 Å². The molecule has 0 amide bonds. The summed E-state index contributed by atoms with van der Waals surface area (Å²) in [6, 6.07) is 3.19. The first-order chi connectivity index (χ1) is 16.7. The molecule has 1 saturated heterocycles. The lowest BCUT2D eigenvalue weighted by atomic mass is 9.92. The number of carboxylic acids is 1. The lowest BCUT2D eigenvalue weighted by Crippen LogP contribution is -2.54. The van der Waals surface area contributed by atoms with E-state index in [0.717, 1.165) is 23.5 Å². The van der Waals surface area contributed by atoms with Crippen molar-refractivity contribution in [3.05, 3.63) is 41.4 Å². The molecule has 1 fully saturated rings. The van der Waals surface area contributed by atoms with Crippen molar-refractivity contribution in [1.82, 2.24) is 9.29 Å². The van der Waals surface area contributed by atoms with Gasteiger partial charge in [-0.2, -0.15) is 43.8 Å². The quantitative estimate of drug-likeness (QED) is 0.525. The van der Waals surface area contributed by atoms with Crippen molar-refractivity contribution in [3.63, 3.8) is 0 Å². The predicted octanol–water partition coefficient (Wildman–Crippen LogP) is 3.60. The van der Waals surface area contributed by atoms with E-state index in [1.807, 2.05) is 0 Å². The van der Waals surface area contributed by atoms with Crippen LogP contribution in [0.5, 0.6) is 0 Å². The van der Waals surface area contributed by atoms with Crippen molar-refractivity contribution in [3.8, 4) is 0 Å². The second-order valence-electron chi connectivity index (χ2n) is 7.24. The molecule has 1 aromatic carbocycles. The SMILES string of the molecule is O=C(O)C(F)(F)F.O=S(=O)(c1nccs1)N1CCN(c2ccc(C(O)(C(F)(F)F)C(F)(F)F)cc2)CC1. The van der Waals surface area contributed by atoms with Gasteiger partial charge in [0, 0.05) is 49.0 Å². The molecule has 0 spiro atoms. The molecule has 37 heavy (non-hydrogen) atoms. The Morgan fingerprint density at radius 2 is 1.35 bits per heavy atom. The number of hydrogen-bond donors (Lipinski definition) is 2. The maximum Gasteiger partial charge on any atom is 0.490 e. The van der Waals surface area contributed by atoms with Crippen LogP contribution < -0.4 is 4.90 Å². The summed E-state index contributed by atoms with van der Waals surface area (Å²) in [5, 5.41) is 18.1. The van der Waals surface area contributed by atoms with E-state index < -0.39 is 45.7 Å². The zero-order valence-electron chi connectivity index (χ0n) is 18.0. The second kappa shape index (κ2) is 10.6. The van der Waals surface area contributed by atoms with Crippen LogP contribution in [0.25, 0.3) is 0 Å². The maximum absolute atomic E-state index is 13.0. The molecule has 1 aliphatic heterocycles. The number of anilines is 1. The van der Waals surface area contributed by atoms with Gasteiger partial charge >= 0.3 is 24.5 Å². The number of aromatic nitrogens is 1. The number of benzene rings is 1. The molecule has 0 saturated carbocycles. The predicted molar refractivity (Wildman–Crippen MR) is 109 cm³/mol. The highest BCUT2D eigenvalue weighted by atomic mass is 32.2. The molecule has 2 heterocycles. The molecule has 0 atom stereocenters. The summed E-state index contributed by atoms with van der Waals surface area (Å²) in [6.07, 6.45) is -15.6. The van der Waals surface area contributed by atoms with E-state index in [2.05, 4.69) is 4.98 Å². The van der Waals surface area contributed by atoms with E-state index in [1.165, 1.54) is 15.9 Å². The fourth-order valence-corrected chi connectivity index (χ4v) is 5.42. The molecule has 2 N–H and O–H groups in total. The van der Waals surface area contributed by atoms with Crippen molar-refractivity contribution in [2.45, 2.75) is 28.5 Å². The Balaban J connectivity index is 0.000000604. The summed E-state index contributed by atoms with van der Waals surface area (Å²) in [4.78, 5) is 14.3. The minimum atomic E-state index is -5.96. The van der Waals surface area contributed by atoms with E-state index in [1.54, 1.807) is 4.90 Å². The number of rotatable bonds is 4. The molecular weight excluding hydrogens is 573 g/mol. The number of carbonyl (C=O) groups is 1. The van der Waals surface area contributed by atoms with Gasteiger partial charge in [0.25, 0.3) is 15.6 Å². The minimum absolute atomic E-state index is 0.0566. The van der Waals surface area contributed by atoms with Gasteiger partial charge in [-0.25, -0.2) is 18.2 Å². The molecule has 19 heteroatoms. The first-order valence-corrected chi connectivity index (χ1v) is 12.0. The Morgan fingerprint density at radius 1 is 0.892 bits per heavy atom. The van der Waals surface area contributed by atoms with Crippen molar-refractivity contribution in [2.75, 3.05) is 31.1 Å². The van der Waals surface area contributed by atoms with Gasteiger partial charge in [0.2, 0.25) is 4.34 Å². The number of aliphatic hydroxyl groups is 1. The molecule has 0 unspecified atom stereocenters. The van der Waals surface area contributed by atoms with Gasteiger partial charge in [0.1, 0.15) is 0 Å². The summed E-state index contributed by atoms with van der Waals surface area (Å²) >= 11 is 0.967. The average molecular weight is 589 g/mol. The van der Waals surface area contributed by atoms with E-state index in [9.17, 15) is 53.0 Å². The van der Waals surface area contributed by atoms with Crippen LogP contribution in [0.3, 0.4) is 0 Å². The number of piperazine rings is 1. The van der Waals surface area contributed by atoms with E-state index in [0.29, 0.717) is 17.8 Å². The Labute approximate surface area is 206 Å². The van der Waals surface area contributed by atoms with Crippen LogP contribution in [0.15, 0.2) is 40.2 Å². The highest BCUT2D eigenvalue weighted by molar-refractivity contribution is 7.91. The van der Waals surface area contributed by atoms with E-state index in [-0.39, 0.29) is 30.5 Å². The van der Waals surface area contributed by atoms with Crippen LogP contribution in [-0.4, -0.2) is 78.6 Å². The third-order valence-corrected chi connectivity index (χ3v) is 8.00. The highest BCUT2D eigenvalue weighted by Crippen LogP contribution is 2.50. The fraction of sp³-hybridized carbons (Fsp3) is 0.444. The number of aliphatic carboxylic acids is 1. The summed E-state index contributed by atoms with van der Waals surface area (Å²) in [5.74, 6) is -2.76. The molecule has 1 aromatic heterocycles. The smallest absolute Gasteiger partial charge is 0.475 e. The summed E-state index contributed by atoms with van der Waals surface area (Å²) in [7, 11) is -3.75. The lowest BCUT2D eigenvalue weighted by molar-refractivity contribution is -0.376. The normalized spacial score (nSPS) is 16.2. The summed E-state index contributed by atoms with van der Waals surface area (Å²) < 4.78 is 136. The number of carboxylic acid groups (broad SMARTS) is 1. The highest BCUT2D eigenvalue weighted by Gasteiger charge is 2.71. The van der Waals surface area contributed by atoms with Crippen molar-refractivity contribution >= 4 is 33.0 Å². The molecule has 8 nitrogen and oxygen atoms in total. The molecule has 3 rings (SSSR count). The third-order valence-electron chi connectivity index (χ3n) is 4.92. The molecule has 0 aliphatic carbocycles. The van der Waals surface area contributed by atoms with Gasteiger partial charge in [-0.3, -0.25) is 0 Å². The number of alkyl halides is 9. The first-order valence-electron chi connectivity index (χ1n) is 9.64. The molecule has 1 aliphatic rings. The topological polar surface area (TPSA) is 111 Å². The first kappa shape index (κ1) is 30.6. The number of thiazole rings is 1. The number of halogens is 9. The number of hydrogen-bond acceptors (Lipinski definition) is 7. The fourth-order valence-electron chi connectivity index (χ4n) is 3.04. The Hall–Kier alpha value is -2.64. The molecular formula is C18H16F9N3O5S2. The Morgan fingerprint density at radius 3 is 1.70 bits per heavy atom.